The van der Waals surface area contributed by atoms with Gasteiger partial charge in [-0.25, -0.2) is 0 Å². The topological polar surface area (TPSA) is 21.3 Å². The first-order chi connectivity index (χ1) is 7.90. The van der Waals surface area contributed by atoms with E-state index in [0.717, 1.165) is 38.3 Å². The highest BCUT2D eigenvalue weighted by Gasteiger charge is 2.11. The SMILES string of the molecule is CC#CCCNCc1ccc2c(c1)CCO2. The van der Waals surface area contributed by atoms with Crippen LogP contribution in [0.5, 0.6) is 5.75 Å². The van der Waals surface area contributed by atoms with Crippen molar-refractivity contribution in [2.75, 3.05) is 13.2 Å². The van der Waals surface area contributed by atoms with Crippen molar-refractivity contribution in [3.63, 3.8) is 0 Å². The molecule has 0 saturated heterocycles. The van der Waals surface area contributed by atoms with Gasteiger partial charge in [0.1, 0.15) is 5.75 Å². The molecule has 2 rings (SSSR count). The zero-order chi connectivity index (χ0) is 11.2. The minimum atomic E-state index is 0.832. The van der Waals surface area contributed by atoms with Crippen molar-refractivity contribution in [3.8, 4) is 17.6 Å². The first-order valence-electron chi connectivity index (χ1n) is 5.75. The summed E-state index contributed by atoms with van der Waals surface area (Å²) in [6, 6.07) is 6.44. The van der Waals surface area contributed by atoms with Crippen molar-refractivity contribution < 1.29 is 4.74 Å². The largest absolute Gasteiger partial charge is 0.493 e. The summed E-state index contributed by atoms with van der Waals surface area (Å²) in [4.78, 5) is 0. The first-order valence-corrected chi connectivity index (χ1v) is 5.75. The fraction of sp³-hybridized carbons (Fsp3) is 0.429. The van der Waals surface area contributed by atoms with E-state index in [1.54, 1.807) is 0 Å². The van der Waals surface area contributed by atoms with Crippen molar-refractivity contribution in [2.45, 2.75) is 26.3 Å². The monoisotopic (exact) mass is 215 g/mol. The van der Waals surface area contributed by atoms with Crippen molar-refractivity contribution in [2.24, 2.45) is 0 Å². The maximum atomic E-state index is 5.47. The molecule has 0 bridgehead atoms. The van der Waals surface area contributed by atoms with Crippen molar-refractivity contribution >= 4 is 0 Å². The quantitative estimate of drug-likeness (QED) is 0.613. The number of ether oxygens (including phenoxy) is 1. The molecule has 0 aliphatic carbocycles. The molecule has 0 amide bonds. The molecule has 16 heavy (non-hydrogen) atoms. The zero-order valence-corrected chi connectivity index (χ0v) is 9.68. The summed E-state index contributed by atoms with van der Waals surface area (Å²) < 4.78 is 5.47. The van der Waals surface area contributed by atoms with Gasteiger partial charge in [-0.2, -0.15) is 0 Å². The van der Waals surface area contributed by atoms with Crippen LogP contribution in [0.1, 0.15) is 24.5 Å². The van der Waals surface area contributed by atoms with Crippen molar-refractivity contribution in [1.82, 2.24) is 5.32 Å². The van der Waals surface area contributed by atoms with E-state index in [-0.39, 0.29) is 0 Å². The number of nitrogens with one attached hydrogen (secondary N) is 1. The molecule has 1 aromatic carbocycles. The Labute approximate surface area is 97.0 Å². The smallest absolute Gasteiger partial charge is 0.122 e. The van der Waals surface area contributed by atoms with Gasteiger partial charge in [0.15, 0.2) is 0 Å². The molecule has 0 spiro atoms. The molecule has 1 aliphatic rings. The fourth-order valence-corrected chi connectivity index (χ4v) is 1.86. The van der Waals surface area contributed by atoms with Crippen LogP contribution in [0.25, 0.3) is 0 Å². The van der Waals surface area contributed by atoms with Gasteiger partial charge in [-0.05, 0) is 24.1 Å². The Kier molecular flexibility index (Phi) is 3.85. The average molecular weight is 215 g/mol. The molecule has 84 valence electrons. The molecule has 0 unspecified atom stereocenters. The van der Waals surface area contributed by atoms with E-state index in [9.17, 15) is 0 Å². The Morgan fingerprint density at radius 3 is 3.25 bits per heavy atom. The molecule has 0 aromatic heterocycles. The van der Waals surface area contributed by atoms with Gasteiger partial charge in [0.25, 0.3) is 0 Å². The third-order valence-corrected chi connectivity index (χ3v) is 2.69. The van der Waals surface area contributed by atoms with E-state index in [4.69, 9.17) is 4.74 Å². The minimum Gasteiger partial charge on any atom is -0.493 e. The second-order valence-electron chi connectivity index (χ2n) is 3.89. The van der Waals surface area contributed by atoms with Crippen molar-refractivity contribution in [3.05, 3.63) is 29.3 Å². The van der Waals surface area contributed by atoms with E-state index in [0.29, 0.717) is 0 Å². The van der Waals surface area contributed by atoms with Gasteiger partial charge in [-0.15, -0.1) is 11.8 Å². The van der Waals surface area contributed by atoms with Gasteiger partial charge < -0.3 is 10.1 Å². The number of rotatable bonds is 4. The van der Waals surface area contributed by atoms with Gasteiger partial charge in [0, 0.05) is 25.9 Å². The standard InChI is InChI=1S/C14H17NO/c1-2-3-4-8-15-11-12-5-6-14-13(10-12)7-9-16-14/h5-6,10,15H,4,7-9,11H2,1H3. The fourth-order valence-electron chi connectivity index (χ4n) is 1.86. The number of hydrogen-bond donors (Lipinski definition) is 1. The molecule has 1 N–H and O–H groups in total. The maximum absolute atomic E-state index is 5.47. The minimum absolute atomic E-state index is 0.832. The Bertz CT molecular complexity index is 414. The van der Waals surface area contributed by atoms with Crippen LogP contribution >= 0.6 is 0 Å². The Morgan fingerprint density at radius 2 is 2.38 bits per heavy atom. The summed E-state index contributed by atoms with van der Waals surface area (Å²) in [5, 5.41) is 3.38. The second kappa shape index (κ2) is 5.58. The number of benzene rings is 1. The van der Waals surface area contributed by atoms with Crippen LogP contribution in [0.3, 0.4) is 0 Å². The van der Waals surface area contributed by atoms with Crippen LogP contribution in [0.2, 0.25) is 0 Å². The van der Waals surface area contributed by atoms with Gasteiger partial charge in [-0.3, -0.25) is 0 Å². The molecule has 0 atom stereocenters. The van der Waals surface area contributed by atoms with E-state index >= 15 is 0 Å². The Morgan fingerprint density at radius 1 is 1.44 bits per heavy atom. The van der Waals surface area contributed by atoms with E-state index in [1.807, 2.05) is 6.92 Å². The summed E-state index contributed by atoms with van der Waals surface area (Å²) in [5.74, 6) is 6.99. The van der Waals surface area contributed by atoms with Crippen LogP contribution in [0, 0.1) is 11.8 Å². The second-order valence-corrected chi connectivity index (χ2v) is 3.89. The zero-order valence-electron chi connectivity index (χ0n) is 9.68. The lowest BCUT2D eigenvalue weighted by atomic mass is 10.1. The maximum Gasteiger partial charge on any atom is 0.122 e. The molecule has 1 aliphatic heterocycles. The summed E-state index contributed by atoms with van der Waals surface area (Å²) >= 11 is 0. The lowest BCUT2D eigenvalue weighted by Gasteiger charge is -2.05. The number of fused-ring (bicyclic) bond motifs is 1. The van der Waals surface area contributed by atoms with Crippen LogP contribution in [-0.2, 0) is 13.0 Å². The van der Waals surface area contributed by atoms with Gasteiger partial charge >= 0.3 is 0 Å². The third-order valence-electron chi connectivity index (χ3n) is 2.69. The highest BCUT2D eigenvalue weighted by Crippen LogP contribution is 2.25. The molecule has 1 aromatic rings. The van der Waals surface area contributed by atoms with Crippen LogP contribution in [-0.4, -0.2) is 13.2 Å². The Hall–Kier alpha value is -1.46. The summed E-state index contributed by atoms with van der Waals surface area (Å²) in [7, 11) is 0. The summed E-state index contributed by atoms with van der Waals surface area (Å²) in [6.45, 7) is 4.58. The summed E-state index contributed by atoms with van der Waals surface area (Å²) in [5.41, 5.74) is 2.67. The molecule has 2 heteroatoms. The molecule has 2 nitrogen and oxygen atoms in total. The predicted octanol–water partition coefficient (Wildman–Crippen LogP) is 2.12. The molecule has 0 saturated carbocycles. The molecule has 1 heterocycles. The molecule has 0 fully saturated rings. The normalized spacial score (nSPS) is 12.6. The van der Waals surface area contributed by atoms with Gasteiger partial charge in [-0.1, -0.05) is 12.1 Å². The third kappa shape index (κ3) is 2.77. The first kappa shape index (κ1) is 11.0. The predicted molar refractivity (Wildman–Crippen MR) is 65.4 cm³/mol. The molecular weight excluding hydrogens is 198 g/mol. The number of hydrogen-bond acceptors (Lipinski definition) is 2. The molecular formula is C14H17NO. The van der Waals surface area contributed by atoms with Crippen molar-refractivity contribution in [1.29, 1.82) is 0 Å². The van der Waals surface area contributed by atoms with Crippen LogP contribution < -0.4 is 10.1 Å². The van der Waals surface area contributed by atoms with E-state index < -0.39 is 0 Å². The van der Waals surface area contributed by atoms with Gasteiger partial charge in [0.2, 0.25) is 0 Å². The average Bonchev–Trinajstić information content (AvgIpc) is 2.76. The highest BCUT2D eigenvalue weighted by atomic mass is 16.5. The van der Waals surface area contributed by atoms with Crippen LogP contribution in [0.4, 0.5) is 0 Å². The molecule has 0 radical (unpaired) electrons. The Balaban J connectivity index is 1.83. The highest BCUT2D eigenvalue weighted by molar-refractivity contribution is 5.39. The van der Waals surface area contributed by atoms with E-state index in [2.05, 4.69) is 35.4 Å². The van der Waals surface area contributed by atoms with Crippen LogP contribution in [0.15, 0.2) is 18.2 Å². The van der Waals surface area contributed by atoms with E-state index in [1.165, 1.54) is 11.1 Å². The lowest BCUT2D eigenvalue weighted by Crippen LogP contribution is -2.14. The van der Waals surface area contributed by atoms with Gasteiger partial charge in [0.05, 0.1) is 6.61 Å². The summed E-state index contributed by atoms with van der Waals surface area (Å²) in [6.07, 6.45) is 1.97. The lowest BCUT2D eigenvalue weighted by molar-refractivity contribution is 0.357.